The molecule has 10 heteroatoms. The second-order valence-corrected chi connectivity index (χ2v) is 10.6. The lowest BCUT2D eigenvalue weighted by Crippen LogP contribution is -2.48. The van der Waals surface area contributed by atoms with E-state index < -0.39 is 17.7 Å². The summed E-state index contributed by atoms with van der Waals surface area (Å²) >= 11 is 0. The molecule has 1 atom stereocenters. The van der Waals surface area contributed by atoms with E-state index in [0.29, 0.717) is 62.4 Å². The van der Waals surface area contributed by atoms with Crippen molar-refractivity contribution in [3.05, 3.63) is 77.9 Å². The van der Waals surface area contributed by atoms with E-state index in [1.807, 2.05) is 30.3 Å². The van der Waals surface area contributed by atoms with Crippen LogP contribution in [0.2, 0.25) is 0 Å². The van der Waals surface area contributed by atoms with E-state index in [-0.39, 0.29) is 24.3 Å². The molecule has 1 unspecified atom stereocenters. The highest BCUT2D eigenvalue weighted by atomic mass is 16.6. The summed E-state index contributed by atoms with van der Waals surface area (Å²) in [7, 11) is 0. The lowest BCUT2D eigenvalue weighted by molar-refractivity contribution is -0.150. The van der Waals surface area contributed by atoms with Gasteiger partial charge in [0.2, 0.25) is 0 Å². The number of benzene rings is 3. The Hall–Kier alpha value is -4.28. The molecule has 2 saturated heterocycles. The van der Waals surface area contributed by atoms with Crippen molar-refractivity contribution in [1.29, 1.82) is 5.41 Å². The Bertz CT molecular complexity index is 1450. The van der Waals surface area contributed by atoms with Gasteiger partial charge in [-0.15, -0.1) is 0 Å². The number of anilines is 1. The Balaban J connectivity index is 1.13. The SMILES string of the molecule is CCOC(=O)CC1(O)CCN(CC2CN(c3ccc(C(=N)NC(=O)c4ccc5ccccc5c4)cc3)C(=O)O2)CC1. The molecule has 41 heavy (non-hydrogen) atoms. The van der Waals surface area contributed by atoms with Gasteiger partial charge in [0, 0.05) is 36.4 Å². The third-order valence-electron chi connectivity index (χ3n) is 7.62. The van der Waals surface area contributed by atoms with Gasteiger partial charge in [-0.25, -0.2) is 4.79 Å². The fourth-order valence-corrected chi connectivity index (χ4v) is 5.32. The molecule has 3 aromatic carbocycles. The highest BCUT2D eigenvalue weighted by Crippen LogP contribution is 2.28. The van der Waals surface area contributed by atoms with E-state index in [2.05, 4.69) is 10.2 Å². The van der Waals surface area contributed by atoms with Crippen LogP contribution >= 0.6 is 0 Å². The zero-order chi connectivity index (χ0) is 29.0. The molecule has 214 valence electrons. The minimum atomic E-state index is -1.06. The van der Waals surface area contributed by atoms with Crippen LogP contribution in [0.25, 0.3) is 10.8 Å². The number of ether oxygens (including phenoxy) is 2. The van der Waals surface area contributed by atoms with Gasteiger partial charge >= 0.3 is 12.1 Å². The summed E-state index contributed by atoms with van der Waals surface area (Å²) in [5.41, 5.74) is 0.548. The van der Waals surface area contributed by atoms with Gasteiger partial charge in [0.1, 0.15) is 11.9 Å². The number of hydrogen-bond acceptors (Lipinski definition) is 8. The first-order chi connectivity index (χ1) is 19.7. The first-order valence-corrected chi connectivity index (χ1v) is 13.8. The second kappa shape index (κ2) is 12.1. The van der Waals surface area contributed by atoms with Gasteiger partial charge in [-0.2, -0.15) is 0 Å². The van der Waals surface area contributed by atoms with Crippen molar-refractivity contribution in [3.63, 3.8) is 0 Å². The van der Waals surface area contributed by atoms with Crippen molar-refractivity contribution < 1.29 is 29.0 Å². The number of likely N-dealkylation sites (tertiary alicyclic amines) is 1. The summed E-state index contributed by atoms with van der Waals surface area (Å²) in [6.07, 6.45) is 0.0972. The Morgan fingerprint density at radius 1 is 1.05 bits per heavy atom. The number of carbonyl (C=O) groups excluding carboxylic acids is 3. The summed E-state index contributed by atoms with van der Waals surface area (Å²) in [5, 5.41) is 23.7. The number of nitrogens with one attached hydrogen (secondary N) is 2. The summed E-state index contributed by atoms with van der Waals surface area (Å²) < 4.78 is 10.6. The van der Waals surface area contributed by atoms with Crippen LogP contribution in [0, 0.1) is 5.41 Å². The molecule has 3 N–H and O–H groups in total. The molecular weight excluding hydrogens is 524 g/mol. The molecular formula is C31H34N4O6. The van der Waals surface area contributed by atoms with Crippen molar-refractivity contribution in [2.45, 2.75) is 37.9 Å². The number of nitrogens with zero attached hydrogens (tertiary/aromatic N) is 2. The van der Waals surface area contributed by atoms with Crippen LogP contribution in [-0.4, -0.2) is 78.3 Å². The molecule has 0 bridgehead atoms. The van der Waals surface area contributed by atoms with Gasteiger partial charge in [-0.1, -0.05) is 30.3 Å². The Morgan fingerprint density at radius 3 is 2.44 bits per heavy atom. The highest BCUT2D eigenvalue weighted by molar-refractivity contribution is 6.12. The first-order valence-electron chi connectivity index (χ1n) is 13.8. The van der Waals surface area contributed by atoms with Gasteiger partial charge in [0.05, 0.1) is 25.2 Å². The average Bonchev–Trinajstić information content (AvgIpc) is 3.33. The van der Waals surface area contributed by atoms with E-state index in [9.17, 15) is 19.5 Å². The molecule has 2 aliphatic rings. The fraction of sp³-hybridized carbons (Fsp3) is 0.355. The van der Waals surface area contributed by atoms with Crippen LogP contribution in [-0.2, 0) is 14.3 Å². The number of aliphatic hydroxyl groups is 1. The zero-order valence-corrected chi connectivity index (χ0v) is 23.0. The maximum Gasteiger partial charge on any atom is 0.414 e. The number of carbonyl (C=O) groups is 3. The summed E-state index contributed by atoms with van der Waals surface area (Å²) in [6, 6.07) is 20.0. The highest BCUT2D eigenvalue weighted by Gasteiger charge is 2.38. The van der Waals surface area contributed by atoms with Crippen LogP contribution in [0.1, 0.15) is 42.1 Å². The summed E-state index contributed by atoms with van der Waals surface area (Å²) in [6.45, 7) is 4.11. The average molecular weight is 559 g/mol. The molecule has 0 spiro atoms. The maximum atomic E-state index is 12.7. The molecule has 2 amide bonds. The number of amidine groups is 1. The minimum absolute atomic E-state index is 0.0125. The van der Waals surface area contributed by atoms with E-state index in [4.69, 9.17) is 14.9 Å². The van der Waals surface area contributed by atoms with Gasteiger partial charge in [-0.05, 0) is 66.9 Å². The smallest absolute Gasteiger partial charge is 0.414 e. The van der Waals surface area contributed by atoms with Crippen LogP contribution in [0.15, 0.2) is 66.7 Å². The molecule has 2 aliphatic heterocycles. The topological polar surface area (TPSA) is 132 Å². The van der Waals surface area contributed by atoms with Crippen LogP contribution < -0.4 is 10.2 Å². The third kappa shape index (κ3) is 6.72. The molecule has 10 nitrogen and oxygen atoms in total. The number of hydrogen-bond donors (Lipinski definition) is 3. The van der Waals surface area contributed by atoms with E-state index in [1.54, 1.807) is 48.2 Å². The number of fused-ring (bicyclic) bond motifs is 1. The van der Waals surface area contributed by atoms with Gasteiger partial charge in [0.25, 0.3) is 5.91 Å². The maximum absolute atomic E-state index is 12.7. The van der Waals surface area contributed by atoms with Crippen molar-refractivity contribution in [2.24, 2.45) is 0 Å². The molecule has 0 aliphatic carbocycles. The Morgan fingerprint density at radius 2 is 1.73 bits per heavy atom. The van der Waals surface area contributed by atoms with E-state index >= 15 is 0 Å². The number of rotatable bonds is 8. The molecule has 3 aromatic rings. The van der Waals surface area contributed by atoms with Crippen LogP contribution in [0.4, 0.5) is 10.5 Å². The first kappa shape index (κ1) is 28.3. The molecule has 0 saturated carbocycles. The summed E-state index contributed by atoms with van der Waals surface area (Å²) in [4.78, 5) is 40.8. The zero-order valence-electron chi connectivity index (χ0n) is 23.0. The van der Waals surface area contributed by atoms with Crippen LogP contribution in [0.3, 0.4) is 0 Å². The van der Waals surface area contributed by atoms with Gasteiger partial charge in [0.15, 0.2) is 0 Å². The summed E-state index contributed by atoms with van der Waals surface area (Å²) in [5.74, 6) is -0.797. The quantitative estimate of drug-likeness (QED) is 0.218. The third-order valence-corrected chi connectivity index (χ3v) is 7.62. The number of cyclic esters (lactones) is 1. The van der Waals surface area contributed by atoms with Crippen molar-refractivity contribution >= 4 is 40.3 Å². The van der Waals surface area contributed by atoms with Gasteiger partial charge in [-0.3, -0.25) is 24.8 Å². The molecule has 0 radical (unpaired) electrons. The lowest BCUT2D eigenvalue weighted by atomic mass is 9.88. The fourth-order valence-electron chi connectivity index (χ4n) is 5.32. The number of amides is 2. The molecule has 0 aromatic heterocycles. The number of piperidine rings is 1. The van der Waals surface area contributed by atoms with Crippen LogP contribution in [0.5, 0.6) is 0 Å². The van der Waals surface area contributed by atoms with E-state index in [1.165, 1.54) is 0 Å². The van der Waals surface area contributed by atoms with Gasteiger partial charge < -0.3 is 19.9 Å². The van der Waals surface area contributed by atoms with Crippen molar-refractivity contribution in [2.75, 3.05) is 37.7 Å². The normalized spacial score (nSPS) is 18.6. The number of esters is 1. The molecule has 2 heterocycles. The Kier molecular flexibility index (Phi) is 8.32. The second-order valence-electron chi connectivity index (χ2n) is 10.6. The predicted molar refractivity (Wildman–Crippen MR) is 154 cm³/mol. The predicted octanol–water partition coefficient (Wildman–Crippen LogP) is 3.70. The standard InChI is InChI=1S/C31H34N4O6/c1-2-40-27(36)18-31(39)13-15-34(16-14-31)19-26-20-35(30(38)41-26)25-11-9-22(10-12-25)28(32)33-29(37)24-8-7-21-5-3-4-6-23(21)17-24/h3-12,17,26,39H,2,13-16,18-20H2,1H3,(H2,32,33,37). The van der Waals surface area contributed by atoms with Crippen molar-refractivity contribution in [1.82, 2.24) is 10.2 Å². The molecule has 2 fully saturated rings. The monoisotopic (exact) mass is 558 g/mol. The largest absolute Gasteiger partial charge is 0.466 e. The van der Waals surface area contributed by atoms with Crippen molar-refractivity contribution in [3.8, 4) is 0 Å². The Labute approximate surface area is 238 Å². The molecule has 5 rings (SSSR count). The lowest BCUT2D eigenvalue weighted by Gasteiger charge is -2.38. The van der Waals surface area contributed by atoms with E-state index in [0.717, 1.165) is 10.8 Å². The minimum Gasteiger partial charge on any atom is -0.466 e.